The van der Waals surface area contributed by atoms with Gasteiger partial charge in [-0.25, -0.2) is 0 Å². The van der Waals surface area contributed by atoms with Gasteiger partial charge in [0.1, 0.15) is 11.3 Å². The first-order chi connectivity index (χ1) is 8.91. The number of ether oxygens (including phenoxy) is 1. The van der Waals surface area contributed by atoms with Crippen LogP contribution in [0.2, 0.25) is 0 Å². The van der Waals surface area contributed by atoms with Crippen molar-refractivity contribution in [2.24, 2.45) is 11.7 Å². The van der Waals surface area contributed by atoms with Crippen molar-refractivity contribution in [1.82, 2.24) is 5.32 Å². The van der Waals surface area contributed by atoms with Crippen LogP contribution in [0.4, 0.5) is 0 Å². The summed E-state index contributed by atoms with van der Waals surface area (Å²) in [6.07, 6.45) is 0. The van der Waals surface area contributed by atoms with E-state index in [9.17, 15) is 4.79 Å². The van der Waals surface area contributed by atoms with Gasteiger partial charge in [0, 0.05) is 5.56 Å². The molecule has 1 aromatic rings. The summed E-state index contributed by atoms with van der Waals surface area (Å²) >= 11 is 0. The van der Waals surface area contributed by atoms with Crippen molar-refractivity contribution in [1.29, 1.82) is 0 Å². The molecule has 0 saturated heterocycles. The van der Waals surface area contributed by atoms with Crippen LogP contribution < -0.4 is 15.8 Å². The van der Waals surface area contributed by atoms with Gasteiger partial charge in [-0.1, -0.05) is 32.0 Å². The summed E-state index contributed by atoms with van der Waals surface area (Å²) in [7, 11) is 0. The van der Waals surface area contributed by atoms with Crippen LogP contribution in [0.15, 0.2) is 24.3 Å². The Bertz CT molecular complexity index is 432. The standard InChI is InChI=1S/C15H24N2O2/c1-5-19-13-9-7-6-8-12(13)15(4,14(16)18)17-10-11(2)3/h6-9,11,17H,5,10H2,1-4H3,(H2,16,18). The van der Waals surface area contributed by atoms with Crippen LogP contribution >= 0.6 is 0 Å². The number of nitrogens with two attached hydrogens (primary N) is 1. The minimum Gasteiger partial charge on any atom is -0.494 e. The van der Waals surface area contributed by atoms with Gasteiger partial charge in [-0.3, -0.25) is 10.1 Å². The van der Waals surface area contributed by atoms with Gasteiger partial charge in [0.05, 0.1) is 6.61 Å². The van der Waals surface area contributed by atoms with Gasteiger partial charge in [0.15, 0.2) is 0 Å². The Morgan fingerprint density at radius 3 is 2.58 bits per heavy atom. The summed E-state index contributed by atoms with van der Waals surface area (Å²) in [4.78, 5) is 11.9. The van der Waals surface area contributed by atoms with Crippen LogP contribution in [-0.2, 0) is 10.3 Å². The topological polar surface area (TPSA) is 64.3 Å². The largest absolute Gasteiger partial charge is 0.494 e. The molecular weight excluding hydrogens is 240 g/mol. The van der Waals surface area contributed by atoms with E-state index in [1.54, 1.807) is 6.92 Å². The molecule has 4 heteroatoms. The number of hydrogen-bond acceptors (Lipinski definition) is 3. The molecule has 1 aromatic carbocycles. The van der Waals surface area contributed by atoms with E-state index in [2.05, 4.69) is 19.2 Å². The first-order valence-corrected chi connectivity index (χ1v) is 6.69. The van der Waals surface area contributed by atoms with Gasteiger partial charge >= 0.3 is 0 Å². The van der Waals surface area contributed by atoms with Crippen molar-refractivity contribution < 1.29 is 9.53 Å². The van der Waals surface area contributed by atoms with Gasteiger partial charge in [-0.05, 0) is 32.4 Å². The second kappa shape index (κ2) is 6.57. The van der Waals surface area contributed by atoms with Crippen molar-refractivity contribution >= 4 is 5.91 Å². The van der Waals surface area contributed by atoms with E-state index in [-0.39, 0.29) is 0 Å². The highest BCUT2D eigenvalue weighted by atomic mass is 16.5. The highest BCUT2D eigenvalue weighted by Gasteiger charge is 2.35. The molecule has 19 heavy (non-hydrogen) atoms. The van der Waals surface area contributed by atoms with E-state index in [1.165, 1.54) is 0 Å². The number of rotatable bonds is 7. The summed E-state index contributed by atoms with van der Waals surface area (Å²) in [5.74, 6) is 0.723. The number of hydrogen-bond donors (Lipinski definition) is 2. The molecule has 0 bridgehead atoms. The number of carbonyl (C=O) groups is 1. The molecular formula is C15H24N2O2. The smallest absolute Gasteiger partial charge is 0.242 e. The summed E-state index contributed by atoms with van der Waals surface area (Å²) < 4.78 is 5.59. The van der Waals surface area contributed by atoms with E-state index in [4.69, 9.17) is 10.5 Å². The first kappa shape index (κ1) is 15.5. The third kappa shape index (κ3) is 3.70. The molecule has 1 unspecified atom stereocenters. The van der Waals surface area contributed by atoms with Gasteiger partial charge in [-0.15, -0.1) is 0 Å². The highest BCUT2D eigenvalue weighted by Crippen LogP contribution is 2.30. The highest BCUT2D eigenvalue weighted by molar-refractivity contribution is 5.86. The van der Waals surface area contributed by atoms with Crippen molar-refractivity contribution in [2.75, 3.05) is 13.2 Å². The predicted molar refractivity (Wildman–Crippen MR) is 77.0 cm³/mol. The average molecular weight is 264 g/mol. The monoisotopic (exact) mass is 264 g/mol. The molecule has 0 aliphatic carbocycles. The van der Waals surface area contributed by atoms with Gasteiger partial charge in [0.2, 0.25) is 5.91 Å². The van der Waals surface area contributed by atoms with E-state index in [0.717, 1.165) is 5.56 Å². The molecule has 1 rings (SSSR count). The van der Waals surface area contributed by atoms with E-state index in [0.29, 0.717) is 24.8 Å². The van der Waals surface area contributed by atoms with E-state index in [1.807, 2.05) is 31.2 Å². The first-order valence-electron chi connectivity index (χ1n) is 6.69. The molecule has 1 atom stereocenters. The molecule has 0 aliphatic heterocycles. The maximum Gasteiger partial charge on any atom is 0.242 e. The molecule has 0 aromatic heterocycles. The molecule has 0 heterocycles. The van der Waals surface area contributed by atoms with E-state index < -0.39 is 11.4 Å². The van der Waals surface area contributed by atoms with Crippen LogP contribution in [0.1, 0.15) is 33.3 Å². The zero-order valence-electron chi connectivity index (χ0n) is 12.2. The summed E-state index contributed by atoms with van der Waals surface area (Å²) in [6, 6.07) is 7.51. The summed E-state index contributed by atoms with van der Waals surface area (Å²) in [5.41, 5.74) is 5.46. The second-order valence-electron chi connectivity index (χ2n) is 5.19. The quantitative estimate of drug-likeness (QED) is 0.792. The van der Waals surface area contributed by atoms with Gasteiger partial charge in [-0.2, -0.15) is 0 Å². The van der Waals surface area contributed by atoms with Crippen LogP contribution in [0.3, 0.4) is 0 Å². The Labute approximate surface area is 115 Å². The minimum atomic E-state index is -0.921. The molecule has 0 saturated carbocycles. The SMILES string of the molecule is CCOc1ccccc1C(C)(NCC(C)C)C(N)=O. The molecule has 0 aliphatic rings. The van der Waals surface area contributed by atoms with Crippen molar-refractivity contribution in [2.45, 2.75) is 33.2 Å². The Balaban J connectivity index is 3.14. The number of para-hydroxylation sites is 1. The van der Waals surface area contributed by atoms with Crippen LogP contribution in [0.25, 0.3) is 0 Å². The molecule has 4 nitrogen and oxygen atoms in total. The fourth-order valence-corrected chi connectivity index (χ4v) is 1.88. The number of amides is 1. The van der Waals surface area contributed by atoms with Crippen LogP contribution in [-0.4, -0.2) is 19.1 Å². The average Bonchev–Trinajstić information content (AvgIpc) is 2.36. The van der Waals surface area contributed by atoms with Crippen LogP contribution in [0.5, 0.6) is 5.75 Å². The van der Waals surface area contributed by atoms with Gasteiger partial charge in [0.25, 0.3) is 0 Å². The molecule has 1 amide bonds. The zero-order valence-corrected chi connectivity index (χ0v) is 12.2. The maximum atomic E-state index is 11.9. The normalized spacial score (nSPS) is 14.2. The van der Waals surface area contributed by atoms with Crippen molar-refractivity contribution in [3.63, 3.8) is 0 Å². The fourth-order valence-electron chi connectivity index (χ4n) is 1.88. The maximum absolute atomic E-state index is 11.9. The molecule has 106 valence electrons. The van der Waals surface area contributed by atoms with Crippen molar-refractivity contribution in [3.8, 4) is 5.75 Å². The number of primary amides is 1. The summed E-state index contributed by atoms with van der Waals surface area (Å²) in [5, 5.41) is 3.26. The molecule has 3 N–H and O–H groups in total. The number of benzene rings is 1. The summed E-state index contributed by atoms with van der Waals surface area (Å²) in [6.45, 7) is 9.15. The Kier molecular flexibility index (Phi) is 5.36. The molecule has 0 spiro atoms. The third-order valence-electron chi connectivity index (χ3n) is 3.08. The minimum absolute atomic E-state index is 0.402. The number of nitrogens with one attached hydrogen (secondary N) is 1. The number of carbonyl (C=O) groups excluding carboxylic acids is 1. The Hall–Kier alpha value is -1.55. The zero-order chi connectivity index (χ0) is 14.5. The van der Waals surface area contributed by atoms with E-state index >= 15 is 0 Å². The molecule has 0 fully saturated rings. The molecule has 0 radical (unpaired) electrons. The van der Waals surface area contributed by atoms with Gasteiger partial charge < -0.3 is 10.5 Å². The lowest BCUT2D eigenvalue weighted by Gasteiger charge is -2.30. The Morgan fingerprint density at radius 2 is 2.05 bits per heavy atom. The lowest BCUT2D eigenvalue weighted by molar-refractivity contribution is -0.124. The van der Waals surface area contributed by atoms with Crippen molar-refractivity contribution in [3.05, 3.63) is 29.8 Å². The lowest BCUT2D eigenvalue weighted by Crippen LogP contribution is -2.51. The third-order valence-corrected chi connectivity index (χ3v) is 3.08. The Morgan fingerprint density at radius 1 is 1.42 bits per heavy atom. The fraction of sp³-hybridized carbons (Fsp3) is 0.533. The lowest BCUT2D eigenvalue weighted by atomic mass is 9.89. The second-order valence-corrected chi connectivity index (χ2v) is 5.19. The van der Waals surface area contributed by atoms with Crippen LogP contribution in [0, 0.1) is 5.92 Å². The predicted octanol–water partition coefficient (Wildman–Crippen LogP) is 2.03.